The van der Waals surface area contributed by atoms with Crippen LogP contribution < -0.4 is 0 Å². The van der Waals surface area contributed by atoms with Crippen LogP contribution in [0.3, 0.4) is 0 Å². The Labute approximate surface area is 202 Å². The van der Waals surface area contributed by atoms with Gasteiger partial charge < -0.3 is 18.9 Å². The lowest BCUT2D eigenvalue weighted by molar-refractivity contribution is -0.0713. The Morgan fingerprint density at radius 1 is 0.606 bits per heavy atom. The molecule has 6 nitrogen and oxygen atoms in total. The highest BCUT2D eigenvalue weighted by Gasteiger charge is 2.32. The predicted octanol–water partition coefficient (Wildman–Crippen LogP) is 8.21. The highest BCUT2D eigenvalue weighted by molar-refractivity contribution is 5.61. The van der Waals surface area contributed by atoms with Gasteiger partial charge in [0.1, 0.15) is 12.2 Å². The maximum absolute atomic E-state index is 12.1. The monoisotopic (exact) mass is 470 g/mol. The fourth-order valence-electron chi connectivity index (χ4n) is 4.15. The summed E-state index contributed by atoms with van der Waals surface area (Å²) in [5.74, 6) is 1.49. The van der Waals surface area contributed by atoms with Gasteiger partial charge in [0.25, 0.3) is 0 Å². The van der Waals surface area contributed by atoms with E-state index in [0.29, 0.717) is 32.0 Å². The minimum Gasteiger partial charge on any atom is -0.434 e. The van der Waals surface area contributed by atoms with E-state index in [0.717, 1.165) is 50.9 Å². The van der Waals surface area contributed by atoms with Crippen LogP contribution in [0.5, 0.6) is 0 Å². The Balaban J connectivity index is 2.13. The number of carbonyl (C=O) groups excluding carboxylic acids is 2. The third kappa shape index (κ3) is 16.7. The van der Waals surface area contributed by atoms with Gasteiger partial charge in [0, 0.05) is 0 Å². The lowest BCUT2D eigenvalue weighted by Gasteiger charge is -2.29. The summed E-state index contributed by atoms with van der Waals surface area (Å²) >= 11 is 0. The first-order chi connectivity index (χ1) is 15.9. The third-order valence-electron chi connectivity index (χ3n) is 6.18. The van der Waals surface area contributed by atoms with Crippen molar-refractivity contribution in [3.05, 3.63) is 0 Å². The molecule has 2 atom stereocenters. The van der Waals surface area contributed by atoms with Gasteiger partial charge in [-0.15, -0.1) is 0 Å². The first kappa shape index (κ1) is 29.6. The summed E-state index contributed by atoms with van der Waals surface area (Å²) in [6, 6.07) is 0. The second-order valence-electron chi connectivity index (χ2n) is 10.3. The molecule has 1 saturated carbocycles. The van der Waals surface area contributed by atoms with Gasteiger partial charge in [0.15, 0.2) is 0 Å². The van der Waals surface area contributed by atoms with Crippen molar-refractivity contribution in [3.8, 4) is 0 Å². The van der Waals surface area contributed by atoms with E-state index in [1.165, 1.54) is 38.5 Å². The molecule has 0 saturated heterocycles. The van der Waals surface area contributed by atoms with Gasteiger partial charge in [-0.1, -0.05) is 85.5 Å². The van der Waals surface area contributed by atoms with Crippen LogP contribution in [0.1, 0.15) is 124 Å². The minimum absolute atomic E-state index is 0.370. The van der Waals surface area contributed by atoms with Crippen molar-refractivity contribution >= 4 is 12.3 Å². The standard InChI is InChI=1S/C27H50O6/c1-22(2)16-10-7-5-6-8-14-20-30-26(28)32-24-18-12-13-19-25(24)33-27(29)31-21-15-9-11-17-23(3)4/h22-25H,5-21H2,1-4H3. The smallest absolute Gasteiger partial charge is 0.434 e. The van der Waals surface area contributed by atoms with Crippen molar-refractivity contribution in [1.29, 1.82) is 0 Å². The summed E-state index contributed by atoms with van der Waals surface area (Å²) in [6.45, 7) is 9.70. The van der Waals surface area contributed by atoms with Crippen LogP contribution in [0.25, 0.3) is 0 Å². The molecule has 1 aliphatic carbocycles. The second-order valence-corrected chi connectivity index (χ2v) is 10.3. The zero-order valence-corrected chi connectivity index (χ0v) is 21.8. The summed E-state index contributed by atoms with van der Waals surface area (Å²) in [4.78, 5) is 24.1. The zero-order chi connectivity index (χ0) is 24.3. The lowest BCUT2D eigenvalue weighted by atomic mass is 9.95. The molecule has 0 radical (unpaired) electrons. The summed E-state index contributed by atoms with van der Waals surface area (Å²) in [7, 11) is 0. The highest BCUT2D eigenvalue weighted by Crippen LogP contribution is 2.25. The van der Waals surface area contributed by atoms with E-state index in [1.807, 2.05) is 0 Å². The average Bonchev–Trinajstić information content (AvgIpc) is 2.76. The van der Waals surface area contributed by atoms with Crippen LogP contribution in [0.2, 0.25) is 0 Å². The van der Waals surface area contributed by atoms with Crippen molar-refractivity contribution in [3.63, 3.8) is 0 Å². The Hall–Kier alpha value is -1.46. The number of rotatable bonds is 17. The molecule has 0 spiro atoms. The van der Waals surface area contributed by atoms with E-state index in [4.69, 9.17) is 18.9 Å². The molecule has 0 N–H and O–H groups in total. The summed E-state index contributed by atoms with van der Waals surface area (Å²) in [5.41, 5.74) is 0. The normalized spacial score (nSPS) is 18.4. The largest absolute Gasteiger partial charge is 0.508 e. The Kier molecular flexibility index (Phi) is 16.9. The van der Waals surface area contributed by atoms with Gasteiger partial charge in [-0.2, -0.15) is 0 Å². The van der Waals surface area contributed by atoms with Crippen molar-refractivity contribution in [2.75, 3.05) is 13.2 Å². The molecule has 0 heterocycles. The fourth-order valence-corrected chi connectivity index (χ4v) is 4.15. The Bertz CT molecular complexity index is 505. The molecule has 0 aromatic heterocycles. The molecule has 0 amide bonds. The van der Waals surface area contributed by atoms with Crippen LogP contribution in [0.4, 0.5) is 9.59 Å². The predicted molar refractivity (Wildman–Crippen MR) is 131 cm³/mol. The van der Waals surface area contributed by atoms with Crippen molar-refractivity contribution < 1.29 is 28.5 Å². The molecule has 0 aromatic rings. The van der Waals surface area contributed by atoms with Gasteiger partial charge >= 0.3 is 12.3 Å². The Morgan fingerprint density at radius 3 is 1.39 bits per heavy atom. The molecule has 1 aliphatic rings. The number of hydrogen-bond acceptors (Lipinski definition) is 6. The van der Waals surface area contributed by atoms with Crippen LogP contribution >= 0.6 is 0 Å². The zero-order valence-electron chi connectivity index (χ0n) is 21.8. The molecule has 0 aromatic carbocycles. The molecular formula is C27H50O6. The van der Waals surface area contributed by atoms with E-state index in [-0.39, 0.29) is 0 Å². The SMILES string of the molecule is CC(C)CCCCCCCCOC(=O)OC1CCCCC1OC(=O)OCCCCCC(C)C. The van der Waals surface area contributed by atoms with Crippen molar-refractivity contribution in [2.24, 2.45) is 11.8 Å². The van der Waals surface area contributed by atoms with Gasteiger partial charge in [-0.25, -0.2) is 9.59 Å². The van der Waals surface area contributed by atoms with E-state index in [1.54, 1.807) is 0 Å². The molecule has 6 heteroatoms. The topological polar surface area (TPSA) is 71.1 Å². The first-order valence-corrected chi connectivity index (χ1v) is 13.5. The number of ether oxygens (including phenoxy) is 4. The van der Waals surface area contributed by atoms with Crippen LogP contribution in [0.15, 0.2) is 0 Å². The maximum Gasteiger partial charge on any atom is 0.508 e. The summed E-state index contributed by atoms with van der Waals surface area (Å²) < 4.78 is 21.4. The molecule has 194 valence electrons. The Morgan fingerprint density at radius 2 is 0.970 bits per heavy atom. The van der Waals surface area contributed by atoms with Gasteiger partial charge in [0.2, 0.25) is 0 Å². The molecular weight excluding hydrogens is 420 g/mol. The highest BCUT2D eigenvalue weighted by atomic mass is 16.8. The summed E-state index contributed by atoms with van der Waals surface area (Å²) in [5, 5.41) is 0. The maximum atomic E-state index is 12.1. The number of carbonyl (C=O) groups is 2. The number of unbranched alkanes of at least 4 members (excludes halogenated alkanes) is 7. The molecule has 33 heavy (non-hydrogen) atoms. The third-order valence-corrected chi connectivity index (χ3v) is 6.18. The van der Waals surface area contributed by atoms with E-state index in [9.17, 15) is 9.59 Å². The van der Waals surface area contributed by atoms with Crippen molar-refractivity contribution in [1.82, 2.24) is 0 Å². The molecule has 2 unspecified atom stereocenters. The van der Waals surface area contributed by atoms with Crippen LogP contribution in [-0.2, 0) is 18.9 Å². The van der Waals surface area contributed by atoms with E-state index in [2.05, 4.69) is 27.7 Å². The molecule has 0 aliphatic heterocycles. The quantitative estimate of drug-likeness (QED) is 0.157. The van der Waals surface area contributed by atoms with Gasteiger partial charge in [0.05, 0.1) is 13.2 Å². The number of hydrogen-bond donors (Lipinski definition) is 0. The summed E-state index contributed by atoms with van der Waals surface area (Å²) in [6.07, 6.45) is 13.5. The van der Waals surface area contributed by atoms with Gasteiger partial charge in [-0.05, 0) is 50.4 Å². The fraction of sp³-hybridized carbons (Fsp3) is 0.926. The van der Waals surface area contributed by atoms with Gasteiger partial charge in [-0.3, -0.25) is 0 Å². The van der Waals surface area contributed by atoms with Crippen molar-refractivity contribution in [2.45, 2.75) is 136 Å². The molecule has 0 bridgehead atoms. The average molecular weight is 471 g/mol. The minimum atomic E-state index is -0.666. The first-order valence-electron chi connectivity index (χ1n) is 13.5. The van der Waals surface area contributed by atoms with E-state index < -0.39 is 24.5 Å². The molecule has 1 fully saturated rings. The second kappa shape index (κ2) is 18.9. The van der Waals surface area contributed by atoms with Crippen LogP contribution in [0, 0.1) is 11.8 Å². The molecule has 1 rings (SSSR count). The van der Waals surface area contributed by atoms with Crippen LogP contribution in [-0.4, -0.2) is 37.7 Å². The lowest BCUT2D eigenvalue weighted by Crippen LogP contribution is -2.38. The van der Waals surface area contributed by atoms with E-state index >= 15 is 0 Å².